The minimum absolute atomic E-state index is 0.134. The number of ether oxygens (including phenoxy) is 1. The van der Waals surface area contributed by atoms with E-state index in [0.717, 1.165) is 24.8 Å². The summed E-state index contributed by atoms with van der Waals surface area (Å²) < 4.78 is 6.04. The molecule has 2 heteroatoms. The number of benzene rings is 1. The van der Waals surface area contributed by atoms with E-state index in [0.29, 0.717) is 0 Å². The number of nitrogens with one attached hydrogen (secondary N) is 1. The van der Waals surface area contributed by atoms with Crippen LogP contribution in [0.1, 0.15) is 51.2 Å². The lowest BCUT2D eigenvalue weighted by Gasteiger charge is -2.22. The van der Waals surface area contributed by atoms with Crippen LogP contribution in [0.3, 0.4) is 0 Å². The lowest BCUT2D eigenvalue weighted by atomic mass is 10.1. The normalized spacial score (nSPS) is 15.6. The topological polar surface area (TPSA) is 21.3 Å². The van der Waals surface area contributed by atoms with Crippen LogP contribution >= 0.6 is 0 Å². The van der Waals surface area contributed by atoms with Crippen molar-refractivity contribution in [2.75, 3.05) is 6.61 Å². The SMILES string of the molecule is Cc1cccc(CNC(C)(C)C)c1OCCC1CC1. The summed E-state index contributed by atoms with van der Waals surface area (Å²) in [4.78, 5) is 0. The summed E-state index contributed by atoms with van der Waals surface area (Å²) in [5.74, 6) is 2.01. The third kappa shape index (κ3) is 4.87. The molecule has 1 aromatic rings. The number of hydrogen-bond acceptors (Lipinski definition) is 2. The second-order valence-corrected chi connectivity index (χ2v) is 6.75. The molecule has 1 fully saturated rings. The molecule has 1 aliphatic carbocycles. The van der Waals surface area contributed by atoms with Crippen molar-refractivity contribution in [3.63, 3.8) is 0 Å². The Kier molecular flexibility index (Phi) is 4.51. The van der Waals surface area contributed by atoms with Crippen LogP contribution in [-0.4, -0.2) is 12.1 Å². The van der Waals surface area contributed by atoms with Gasteiger partial charge in [-0.3, -0.25) is 0 Å². The molecule has 1 aliphatic rings. The van der Waals surface area contributed by atoms with Crippen LogP contribution in [0.4, 0.5) is 0 Å². The number of hydrogen-bond donors (Lipinski definition) is 1. The van der Waals surface area contributed by atoms with E-state index in [4.69, 9.17) is 4.74 Å². The fourth-order valence-corrected chi connectivity index (χ4v) is 2.15. The fraction of sp³-hybridized carbons (Fsp3) is 0.647. The van der Waals surface area contributed by atoms with Crippen LogP contribution in [0.2, 0.25) is 0 Å². The maximum atomic E-state index is 6.04. The third-order valence-electron chi connectivity index (χ3n) is 3.57. The van der Waals surface area contributed by atoms with Crippen LogP contribution in [0.15, 0.2) is 18.2 Å². The van der Waals surface area contributed by atoms with Gasteiger partial charge < -0.3 is 10.1 Å². The van der Waals surface area contributed by atoms with E-state index < -0.39 is 0 Å². The van der Waals surface area contributed by atoms with Gasteiger partial charge in [0.2, 0.25) is 0 Å². The molecule has 0 atom stereocenters. The standard InChI is InChI=1S/C17H27NO/c1-13-6-5-7-15(12-18-17(2,3)4)16(13)19-11-10-14-8-9-14/h5-7,14,18H,8-12H2,1-4H3. The largest absolute Gasteiger partial charge is 0.493 e. The van der Waals surface area contributed by atoms with Gasteiger partial charge in [-0.1, -0.05) is 31.0 Å². The van der Waals surface area contributed by atoms with E-state index in [-0.39, 0.29) is 5.54 Å². The lowest BCUT2D eigenvalue weighted by Crippen LogP contribution is -2.35. The highest BCUT2D eigenvalue weighted by atomic mass is 16.5. The molecular weight excluding hydrogens is 234 g/mol. The molecule has 0 radical (unpaired) electrons. The summed E-state index contributed by atoms with van der Waals surface area (Å²) in [6, 6.07) is 6.41. The molecule has 106 valence electrons. The minimum Gasteiger partial charge on any atom is -0.493 e. The third-order valence-corrected chi connectivity index (χ3v) is 3.57. The molecule has 0 saturated heterocycles. The van der Waals surface area contributed by atoms with Crippen molar-refractivity contribution in [3.05, 3.63) is 29.3 Å². The Balaban J connectivity index is 1.97. The van der Waals surface area contributed by atoms with Gasteiger partial charge in [0.15, 0.2) is 0 Å². The van der Waals surface area contributed by atoms with Gasteiger partial charge in [0.25, 0.3) is 0 Å². The first-order valence-electron chi connectivity index (χ1n) is 7.42. The quantitative estimate of drug-likeness (QED) is 0.833. The van der Waals surface area contributed by atoms with Crippen molar-refractivity contribution in [1.82, 2.24) is 5.32 Å². The Bertz CT molecular complexity index is 416. The smallest absolute Gasteiger partial charge is 0.126 e. The van der Waals surface area contributed by atoms with Gasteiger partial charge in [-0.25, -0.2) is 0 Å². The molecule has 2 nitrogen and oxygen atoms in total. The predicted molar refractivity (Wildman–Crippen MR) is 80.6 cm³/mol. The molecule has 0 aliphatic heterocycles. The fourth-order valence-electron chi connectivity index (χ4n) is 2.15. The van der Waals surface area contributed by atoms with Crippen molar-refractivity contribution in [3.8, 4) is 5.75 Å². The van der Waals surface area contributed by atoms with Crippen LogP contribution in [-0.2, 0) is 6.54 Å². The highest BCUT2D eigenvalue weighted by Gasteiger charge is 2.21. The molecule has 0 bridgehead atoms. The van der Waals surface area contributed by atoms with Crippen molar-refractivity contribution in [2.45, 2.75) is 59.0 Å². The average molecular weight is 261 g/mol. The van der Waals surface area contributed by atoms with Crippen LogP contribution in [0.25, 0.3) is 0 Å². The Hall–Kier alpha value is -1.02. The number of para-hydroxylation sites is 1. The van der Waals surface area contributed by atoms with Crippen LogP contribution < -0.4 is 10.1 Å². The van der Waals surface area contributed by atoms with Crippen LogP contribution in [0, 0.1) is 12.8 Å². The van der Waals surface area contributed by atoms with Crippen molar-refractivity contribution < 1.29 is 4.74 Å². The zero-order chi connectivity index (χ0) is 13.9. The minimum atomic E-state index is 0.134. The van der Waals surface area contributed by atoms with E-state index >= 15 is 0 Å². The molecule has 0 heterocycles. The Morgan fingerprint density at radius 3 is 2.63 bits per heavy atom. The average Bonchev–Trinajstić information content (AvgIpc) is 3.12. The van der Waals surface area contributed by atoms with Gasteiger partial charge in [0.1, 0.15) is 5.75 Å². The number of rotatable bonds is 6. The Labute approximate surface area is 117 Å². The van der Waals surface area contributed by atoms with Gasteiger partial charge in [0.05, 0.1) is 6.61 Å². The van der Waals surface area contributed by atoms with Gasteiger partial charge >= 0.3 is 0 Å². The zero-order valence-corrected chi connectivity index (χ0v) is 12.8. The number of aryl methyl sites for hydroxylation is 1. The molecule has 0 aromatic heterocycles. The lowest BCUT2D eigenvalue weighted by molar-refractivity contribution is 0.295. The first-order valence-corrected chi connectivity index (χ1v) is 7.42. The maximum absolute atomic E-state index is 6.04. The summed E-state index contributed by atoms with van der Waals surface area (Å²) in [6.45, 7) is 10.4. The molecule has 0 amide bonds. The molecule has 1 saturated carbocycles. The summed E-state index contributed by atoms with van der Waals surface area (Å²) >= 11 is 0. The highest BCUT2D eigenvalue weighted by molar-refractivity contribution is 5.40. The van der Waals surface area contributed by atoms with Gasteiger partial charge in [-0.2, -0.15) is 0 Å². The first kappa shape index (κ1) is 14.4. The van der Waals surface area contributed by atoms with E-state index in [9.17, 15) is 0 Å². The van der Waals surface area contributed by atoms with Gasteiger partial charge in [-0.05, 0) is 45.6 Å². The maximum Gasteiger partial charge on any atom is 0.126 e. The monoisotopic (exact) mass is 261 g/mol. The van der Waals surface area contributed by atoms with Crippen molar-refractivity contribution >= 4 is 0 Å². The molecule has 1 N–H and O–H groups in total. The summed E-state index contributed by atoms with van der Waals surface area (Å²) in [5.41, 5.74) is 2.64. The summed E-state index contributed by atoms with van der Waals surface area (Å²) in [7, 11) is 0. The molecule has 1 aromatic carbocycles. The van der Waals surface area contributed by atoms with E-state index in [1.54, 1.807) is 0 Å². The summed E-state index contributed by atoms with van der Waals surface area (Å²) in [6.07, 6.45) is 4.01. The van der Waals surface area contributed by atoms with Crippen molar-refractivity contribution in [1.29, 1.82) is 0 Å². The summed E-state index contributed by atoms with van der Waals surface area (Å²) in [5, 5.41) is 3.54. The zero-order valence-electron chi connectivity index (χ0n) is 12.8. The Morgan fingerprint density at radius 2 is 2.00 bits per heavy atom. The second kappa shape index (κ2) is 5.96. The molecule has 0 unspecified atom stereocenters. The highest BCUT2D eigenvalue weighted by Crippen LogP contribution is 2.33. The predicted octanol–water partition coefficient (Wildman–Crippen LogP) is 4.06. The van der Waals surface area contributed by atoms with Crippen LogP contribution in [0.5, 0.6) is 5.75 Å². The van der Waals surface area contributed by atoms with E-state index in [2.05, 4.69) is 51.2 Å². The second-order valence-electron chi connectivity index (χ2n) is 6.75. The van der Waals surface area contributed by atoms with E-state index in [1.165, 1.54) is 30.4 Å². The van der Waals surface area contributed by atoms with Crippen molar-refractivity contribution in [2.24, 2.45) is 5.92 Å². The molecule has 19 heavy (non-hydrogen) atoms. The molecular formula is C17H27NO. The molecule has 2 rings (SSSR count). The molecule has 0 spiro atoms. The van der Waals surface area contributed by atoms with Gasteiger partial charge in [0, 0.05) is 17.6 Å². The first-order chi connectivity index (χ1) is 8.96. The Morgan fingerprint density at radius 1 is 1.26 bits per heavy atom. The van der Waals surface area contributed by atoms with Gasteiger partial charge in [-0.15, -0.1) is 0 Å². The van der Waals surface area contributed by atoms with E-state index in [1.807, 2.05) is 0 Å².